The van der Waals surface area contributed by atoms with Gasteiger partial charge in [-0.2, -0.15) is 0 Å². The van der Waals surface area contributed by atoms with Crippen LogP contribution in [0.1, 0.15) is 44.0 Å². The van der Waals surface area contributed by atoms with Gasteiger partial charge in [0.25, 0.3) is 0 Å². The van der Waals surface area contributed by atoms with Gasteiger partial charge in [-0.25, -0.2) is 28.1 Å². The van der Waals surface area contributed by atoms with Crippen molar-refractivity contribution in [3.8, 4) is 16.9 Å². The highest BCUT2D eigenvalue weighted by Crippen LogP contribution is 2.40. The van der Waals surface area contributed by atoms with E-state index in [1.54, 1.807) is 18.6 Å². The molecule has 1 aliphatic carbocycles. The third kappa shape index (κ3) is 5.53. The number of likely N-dealkylation sites (tertiary alicyclic amines) is 1. The number of benzene rings is 1. The number of likely N-dealkylation sites (N-methyl/N-ethyl adjacent to an activating group) is 1. The van der Waals surface area contributed by atoms with Crippen molar-refractivity contribution in [3.63, 3.8) is 0 Å². The summed E-state index contributed by atoms with van der Waals surface area (Å²) in [6.07, 6.45) is 7.17. The standard InChI is InChI=1S/C30H37N7O3S/c1-19-13-30(2,3)14-24-27(19)33-18-34-29(24)37-9-10-40-25-6-5-20(11-22(25)16-37)21-12-26(28(31)32-15-21)41(38,39)35-23-7-8-36(4)17-23/h5-6,11-13,15,18,23,35H,7-10,14,16-17H2,1-4H3,(H2,31,32)/t23-/m1/s1. The molecule has 0 amide bonds. The van der Waals surface area contributed by atoms with Crippen LogP contribution in [0, 0.1) is 5.41 Å². The molecule has 0 bridgehead atoms. The third-order valence-corrected chi connectivity index (χ3v) is 9.64. The number of nitrogens with one attached hydrogen (secondary N) is 1. The van der Waals surface area contributed by atoms with Crippen molar-refractivity contribution in [1.82, 2.24) is 24.6 Å². The maximum Gasteiger partial charge on any atom is 0.244 e. The van der Waals surface area contributed by atoms with Crippen molar-refractivity contribution in [2.24, 2.45) is 5.41 Å². The number of aromatic nitrogens is 3. The first-order valence-corrected chi connectivity index (χ1v) is 15.5. The molecule has 6 rings (SSSR count). The van der Waals surface area contributed by atoms with E-state index < -0.39 is 10.0 Å². The number of rotatable bonds is 5. The molecule has 1 saturated heterocycles. The van der Waals surface area contributed by atoms with Crippen LogP contribution in [0.25, 0.3) is 16.7 Å². The molecule has 0 saturated carbocycles. The fourth-order valence-corrected chi connectivity index (χ4v) is 7.60. The van der Waals surface area contributed by atoms with Crippen molar-refractivity contribution in [1.29, 1.82) is 0 Å². The first-order valence-electron chi connectivity index (χ1n) is 14.0. The van der Waals surface area contributed by atoms with Crippen molar-refractivity contribution in [2.45, 2.75) is 51.1 Å². The Balaban J connectivity index is 1.31. The Morgan fingerprint density at radius 3 is 2.73 bits per heavy atom. The normalized spacial score (nSPS) is 20.5. The van der Waals surface area contributed by atoms with Gasteiger partial charge in [-0.3, -0.25) is 0 Å². The van der Waals surface area contributed by atoms with E-state index in [9.17, 15) is 8.42 Å². The zero-order valence-electron chi connectivity index (χ0n) is 24.0. The number of nitrogen functional groups attached to an aromatic ring is 1. The Kier molecular flexibility index (Phi) is 6.99. The number of anilines is 2. The van der Waals surface area contributed by atoms with Gasteiger partial charge < -0.3 is 20.3 Å². The summed E-state index contributed by atoms with van der Waals surface area (Å²) in [6, 6.07) is 7.37. The lowest BCUT2D eigenvalue weighted by Gasteiger charge is -2.32. The fraction of sp³-hybridized carbons (Fsp3) is 0.433. The Morgan fingerprint density at radius 1 is 1.12 bits per heavy atom. The molecule has 0 spiro atoms. The number of fused-ring (bicyclic) bond motifs is 2. The van der Waals surface area contributed by atoms with Gasteiger partial charge in [0.15, 0.2) is 0 Å². The van der Waals surface area contributed by atoms with Crippen LogP contribution in [0.5, 0.6) is 5.75 Å². The number of sulfonamides is 1. The molecule has 3 N–H and O–H groups in total. The summed E-state index contributed by atoms with van der Waals surface area (Å²) in [5.41, 5.74) is 11.9. The van der Waals surface area contributed by atoms with Gasteiger partial charge in [0.1, 0.15) is 35.2 Å². The Morgan fingerprint density at radius 2 is 1.95 bits per heavy atom. The second-order valence-corrected chi connectivity index (χ2v) is 13.8. The van der Waals surface area contributed by atoms with Crippen LogP contribution in [0.2, 0.25) is 0 Å². The second kappa shape index (κ2) is 10.4. The van der Waals surface area contributed by atoms with Crippen LogP contribution in [-0.2, 0) is 23.0 Å². The van der Waals surface area contributed by atoms with Crippen LogP contribution in [0.3, 0.4) is 0 Å². The fourth-order valence-electron chi connectivity index (χ4n) is 6.24. The van der Waals surface area contributed by atoms with Crippen LogP contribution < -0.4 is 20.1 Å². The van der Waals surface area contributed by atoms with E-state index in [2.05, 4.69) is 51.3 Å². The van der Waals surface area contributed by atoms with Crippen molar-refractivity contribution >= 4 is 27.2 Å². The molecule has 1 atom stereocenters. The maximum absolute atomic E-state index is 13.3. The lowest BCUT2D eigenvalue weighted by Crippen LogP contribution is -2.36. The largest absolute Gasteiger partial charge is 0.491 e. The van der Waals surface area contributed by atoms with Crippen LogP contribution in [0.15, 0.2) is 47.8 Å². The summed E-state index contributed by atoms with van der Waals surface area (Å²) in [7, 11) is -1.86. The molecular weight excluding hydrogens is 538 g/mol. The lowest BCUT2D eigenvalue weighted by molar-refractivity contribution is 0.331. The molecular formula is C30H37N7O3S. The van der Waals surface area contributed by atoms with E-state index >= 15 is 0 Å². The molecule has 1 fully saturated rings. The molecule has 4 heterocycles. The zero-order valence-corrected chi connectivity index (χ0v) is 24.8. The summed E-state index contributed by atoms with van der Waals surface area (Å²) in [5, 5.41) is 0. The molecule has 2 aromatic heterocycles. The predicted molar refractivity (Wildman–Crippen MR) is 160 cm³/mol. The van der Waals surface area contributed by atoms with Gasteiger partial charge in [0.2, 0.25) is 10.0 Å². The van der Waals surface area contributed by atoms with E-state index in [0.717, 1.165) is 53.3 Å². The average Bonchev–Trinajstić information content (AvgIpc) is 3.19. The molecule has 41 heavy (non-hydrogen) atoms. The molecule has 216 valence electrons. The van der Waals surface area contributed by atoms with Crippen LogP contribution >= 0.6 is 0 Å². The number of pyridine rings is 1. The minimum Gasteiger partial charge on any atom is -0.491 e. The van der Waals surface area contributed by atoms with Gasteiger partial charge in [-0.15, -0.1) is 0 Å². The molecule has 11 heteroatoms. The van der Waals surface area contributed by atoms with Gasteiger partial charge in [-0.05, 0) is 68.1 Å². The average molecular weight is 576 g/mol. The zero-order chi connectivity index (χ0) is 28.9. The number of nitrogens with zero attached hydrogens (tertiary/aromatic N) is 5. The third-order valence-electron chi connectivity index (χ3n) is 8.09. The van der Waals surface area contributed by atoms with E-state index in [4.69, 9.17) is 15.5 Å². The molecule has 3 aliphatic rings. The Labute approximate surface area is 241 Å². The molecule has 2 aliphatic heterocycles. The van der Waals surface area contributed by atoms with Crippen LogP contribution in [0.4, 0.5) is 11.6 Å². The number of ether oxygens (including phenoxy) is 1. The Hall–Kier alpha value is -3.54. The predicted octanol–water partition coefficient (Wildman–Crippen LogP) is 3.49. The second-order valence-electron chi connectivity index (χ2n) is 12.1. The van der Waals surface area contributed by atoms with E-state index in [1.165, 1.54) is 5.57 Å². The first kappa shape index (κ1) is 27.6. The molecule has 0 radical (unpaired) electrons. The molecule has 3 aromatic rings. The highest BCUT2D eigenvalue weighted by atomic mass is 32.2. The summed E-state index contributed by atoms with van der Waals surface area (Å²) < 4.78 is 35.5. The van der Waals surface area contributed by atoms with Gasteiger partial charge in [-0.1, -0.05) is 26.0 Å². The van der Waals surface area contributed by atoms with E-state index in [0.29, 0.717) is 31.8 Å². The molecule has 0 unspecified atom stereocenters. The smallest absolute Gasteiger partial charge is 0.244 e. The summed E-state index contributed by atoms with van der Waals surface area (Å²) in [5.74, 6) is 1.72. The van der Waals surface area contributed by atoms with Gasteiger partial charge in [0, 0.05) is 42.0 Å². The number of nitrogens with two attached hydrogens (primary N) is 1. The van der Waals surface area contributed by atoms with Crippen LogP contribution in [-0.4, -0.2) is 67.6 Å². The van der Waals surface area contributed by atoms with Gasteiger partial charge in [0.05, 0.1) is 12.2 Å². The molecule has 1 aromatic carbocycles. The van der Waals surface area contributed by atoms with E-state index in [-0.39, 0.29) is 22.2 Å². The lowest BCUT2D eigenvalue weighted by atomic mass is 9.78. The Bertz CT molecular complexity index is 1640. The van der Waals surface area contributed by atoms with Crippen molar-refractivity contribution in [3.05, 3.63) is 59.7 Å². The number of allylic oxidation sites excluding steroid dienone is 2. The minimum absolute atomic E-state index is 0.00368. The topological polar surface area (TPSA) is 127 Å². The van der Waals surface area contributed by atoms with Crippen molar-refractivity contribution < 1.29 is 13.2 Å². The molecule has 10 nitrogen and oxygen atoms in total. The SMILES string of the molecule is CC1=CC(C)(C)Cc2c1ncnc2N1CCOc2ccc(-c3cnc(N)c(S(=O)(=O)N[C@@H]4CCN(C)C4)c3)cc2C1. The first-order chi connectivity index (χ1) is 19.5. The number of hydrogen-bond donors (Lipinski definition) is 2. The highest BCUT2D eigenvalue weighted by molar-refractivity contribution is 7.89. The summed E-state index contributed by atoms with van der Waals surface area (Å²) in [6.45, 7) is 9.90. The quantitative estimate of drug-likeness (QED) is 0.470. The minimum atomic E-state index is -3.84. The summed E-state index contributed by atoms with van der Waals surface area (Å²) in [4.78, 5) is 17.9. The van der Waals surface area contributed by atoms with Crippen molar-refractivity contribution in [2.75, 3.05) is 43.9 Å². The van der Waals surface area contributed by atoms with E-state index in [1.807, 2.05) is 25.2 Å². The highest BCUT2D eigenvalue weighted by Gasteiger charge is 2.31. The maximum atomic E-state index is 13.3. The summed E-state index contributed by atoms with van der Waals surface area (Å²) >= 11 is 0. The van der Waals surface area contributed by atoms with Gasteiger partial charge >= 0.3 is 0 Å². The number of hydrogen-bond acceptors (Lipinski definition) is 9. The monoisotopic (exact) mass is 575 g/mol.